The molecule has 0 fully saturated rings. The monoisotopic (exact) mass is 427 g/mol. The number of carbonyl (C=O) groups is 2. The molecule has 0 N–H and O–H groups in total. The van der Waals surface area contributed by atoms with Crippen LogP contribution in [0.2, 0.25) is 0 Å². The van der Waals surface area contributed by atoms with E-state index in [0.717, 1.165) is 20.5 Å². The van der Waals surface area contributed by atoms with Gasteiger partial charge in [0.1, 0.15) is 0 Å². The van der Waals surface area contributed by atoms with E-state index >= 15 is 0 Å². The quantitative estimate of drug-likeness (QED) is 0.532. The van der Waals surface area contributed by atoms with Gasteiger partial charge in [-0.3, -0.25) is 14.5 Å². The second-order valence-electron chi connectivity index (χ2n) is 4.85. The lowest BCUT2D eigenvalue weighted by atomic mass is 9.95. The molecule has 0 radical (unpaired) electrons. The molecular weight excluding hydrogens is 418 g/mol. The molecule has 108 valence electrons. The number of nitrogens with zero attached hydrogens (tertiary/aromatic N) is 1. The molecule has 1 unspecified atom stereocenters. The fraction of sp³-hybridized carbons (Fsp3) is 0.200. The minimum atomic E-state index is -0.229. The molecule has 21 heavy (non-hydrogen) atoms. The summed E-state index contributed by atoms with van der Waals surface area (Å²) in [7, 11) is 1.53. The summed E-state index contributed by atoms with van der Waals surface area (Å²) in [6.07, 6.45) is 0.285. The highest BCUT2D eigenvalue weighted by molar-refractivity contribution is 9.11. The van der Waals surface area contributed by atoms with Gasteiger partial charge in [-0.2, -0.15) is 0 Å². The van der Waals surface area contributed by atoms with Crippen LogP contribution in [0.4, 0.5) is 0 Å². The fourth-order valence-electron chi connectivity index (χ4n) is 2.32. The highest BCUT2D eigenvalue weighted by Gasteiger charge is 2.29. The van der Waals surface area contributed by atoms with Crippen LogP contribution in [-0.2, 0) is 11.2 Å². The van der Waals surface area contributed by atoms with E-state index in [4.69, 9.17) is 0 Å². The Bertz CT molecular complexity index is 741. The van der Waals surface area contributed by atoms with Gasteiger partial charge in [-0.25, -0.2) is 0 Å². The predicted octanol–water partition coefficient (Wildman–Crippen LogP) is 4.15. The molecular formula is C15H11Br2NO2S. The summed E-state index contributed by atoms with van der Waals surface area (Å²) >= 11 is 8.86. The molecule has 0 bridgehead atoms. The number of thiophene rings is 1. The smallest absolute Gasteiger partial charge is 0.260 e. The molecule has 2 amide bonds. The molecule has 0 saturated heterocycles. The Balaban J connectivity index is 2.02. The molecule has 1 aromatic heterocycles. The van der Waals surface area contributed by atoms with E-state index in [-0.39, 0.29) is 23.1 Å². The van der Waals surface area contributed by atoms with Gasteiger partial charge in [0.15, 0.2) is 0 Å². The van der Waals surface area contributed by atoms with Crippen LogP contribution in [0.5, 0.6) is 0 Å². The summed E-state index contributed by atoms with van der Waals surface area (Å²) in [5, 5.41) is 2.02. The largest absolute Gasteiger partial charge is 0.281 e. The van der Waals surface area contributed by atoms with Gasteiger partial charge in [0.05, 0.1) is 11.2 Å². The Morgan fingerprint density at radius 1 is 1.29 bits per heavy atom. The molecule has 3 rings (SSSR count). The van der Waals surface area contributed by atoms with Crippen LogP contribution in [0.25, 0.3) is 0 Å². The lowest BCUT2D eigenvalue weighted by Gasteiger charge is -2.24. The van der Waals surface area contributed by atoms with Gasteiger partial charge in [-0.15, -0.1) is 11.3 Å². The molecule has 6 heteroatoms. The number of rotatable bonds is 2. The van der Waals surface area contributed by atoms with Crippen LogP contribution in [0, 0.1) is 0 Å². The summed E-state index contributed by atoms with van der Waals surface area (Å²) in [4.78, 5) is 26.3. The first-order valence-corrected chi connectivity index (χ1v) is 8.88. The van der Waals surface area contributed by atoms with Gasteiger partial charge < -0.3 is 0 Å². The first-order chi connectivity index (χ1) is 9.99. The number of amides is 2. The number of likely N-dealkylation sites (N-methyl/N-ethyl adjacent to an activating group) is 1. The Labute approximate surface area is 143 Å². The molecule has 0 saturated carbocycles. The average molecular weight is 429 g/mol. The van der Waals surface area contributed by atoms with Crippen molar-refractivity contribution in [3.8, 4) is 0 Å². The van der Waals surface area contributed by atoms with E-state index in [9.17, 15) is 9.59 Å². The zero-order valence-corrected chi connectivity index (χ0v) is 15.1. The Morgan fingerprint density at radius 3 is 2.71 bits per heavy atom. The summed E-state index contributed by atoms with van der Waals surface area (Å²) in [6, 6.07) is 7.73. The highest BCUT2D eigenvalue weighted by atomic mass is 79.9. The zero-order valence-electron chi connectivity index (χ0n) is 11.1. The van der Waals surface area contributed by atoms with E-state index in [1.54, 1.807) is 11.3 Å². The van der Waals surface area contributed by atoms with Crippen molar-refractivity contribution >= 4 is 55.0 Å². The van der Waals surface area contributed by atoms with E-state index in [2.05, 4.69) is 31.9 Å². The number of fused-ring (bicyclic) bond motifs is 1. The number of alkyl halides is 1. The van der Waals surface area contributed by atoms with E-state index < -0.39 is 0 Å². The van der Waals surface area contributed by atoms with Crippen molar-refractivity contribution in [3.05, 3.63) is 55.7 Å². The van der Waals surface area contributed by atoms with Gasteiger partial charge in [0.2, 0.25) is 5.91 Å². The van der Waals surface area contributed by atoms with E-state index in [1.807, 2.05) is 29.6 Å². The van der Waals surface area contributed by atoms with E-state index in [0.29, 0.717) is 5.56 Å². The molecule has 1 aromatic carbocycles. The number of hydrogen-bond acceptors (Lipinski definition) is 3. The number of benzene rings is 1. The van der Waals surface area contributed by atoms with Crippen molar-refractivity contribution in [1.29, 1.82) is 0 Å². The van der Waals surface area contributed by atoms with Gasteiger partial charge in [0, 0.05) is 22.0 Å². The van der Waals surface area contributed by atoms with Crippen molar-refractivity contribution in [2.45, 2.75) is 11.2 Å². The Kier molecular flexibility index (Phi) is 4.03. The zero-order chi connectivity index (χ0) is 15.1. The summed E-state index contributed by atoms with van der Waals surface area (Å²) in [5.74, 6) is -0.385. The van der Waals surface area contributed by atoms with Crippen LogP contribution in [0.15, 0.2) is 34.1 Å². The number of halogens is 2. The Morgan fingerprint density at radius 2 is 2.05 bits per heavy atom. The summed E-state index contributed by atoms with van der Waals surface area (Å²) in [6.45, 7) is 0. The van der Waals surface area contributed by atoms with Crippen LogP contribution >= 0.6 is 43.2 Å². The number of hydrogen-bond donors (Lipinski definition) is 0. The molecule has 1 aliphatic heterocycles. The first kappa shape index (κ1) is 14.9. The third-order valence-corrected chi connectivity index (χ3v) is 6.78. The molecule has 0 spiro atoms. The SMILES string of the molecule is CN1C(=O)Cc2ccc(C(Br)c3sccc3Br)cc2C1=O. The average Bonchev–Trinajstić information content (AvgIpc) is 2.90. The maximum absolute atomic E-state index is 12.2. The molecule has 2 heterocycles. The van der Waals surface area contributed by atoms with Crippen LogP contribution in [0.3, 0.4) is 0 Å². The van der Waals surface area contributed by atoms with Gasteiger partial charge in [-0.1, -0.05) is 28.1 Å². The molecule has 2 aromatic rings. The van der Waals surface area contributed by atoms with Gasteiger partial charge in [-0.05, 0) is 44.6 Å². The predicted molar refractivity (Wildman–Crippen MR) is 90.0 cm³/mol. The molecule has 1 atom stereocenters. The number of carbonyl (C=O) groups excluding carboxylic acids is 2. The minimum Gasteiger partial charge on any atom is -0.281 e. The third-order valence-electron chi connectivity index (χ3n) is 3.55. The standard InChI is InChI=1S/C15H11Br2NO2S/c1-18-12(19)7-8-2-3-9(6-10(8)15(18)20)13(17)14-11(16)4-5-21-14/h2-6,13H,7H2,1H3. The van der Waals surface area contributed by atoms with Crippen molar-refractivity contribution in [2.24, 2.45) is 0 Å². The maximum Gasteiger partial charge on any atom is 0.260 e. The van der Waals surface area contributed by atoms with Gasteiger partial charge in [0.25, 0.3) is 5.91 Å². The van der Waals surface area contributed by atoms with Crippen molar-refractivity contribution in [3.63, 3.8) is 0 Å². The molecule has 1 aliphatic rings. The summed E-state index contributed by atoms with van der Waals surface area (Å²) in [5.41, 5.74) is 2.43. The normalized spacial score (nSPS) is 16.0. The van der Waals surface area contributed by atoms with E-state index in [1.165, 1.54) is 11.9 Å². The fourth-order valence-corrected chi connectivity index (χ4v) is 5.08. The first-order valence-electron chi connectivity index (χ1n) is 6.29. The second kappa shape index (κ2) is 5.66. The van der Waals surface area contributed by atoms with Crippen molar-refractivity contribution < 1.29 is 9.59 Å². The Hall–Kier alpha value is -0.980. The topological polar surface area (TPSA) is 37.4 Å². The van der Waals surface area contributed by atoms with Crippen molar-refractivity contribution in [2.75, 3.05) is 7.05 Å². The lowest BCUT2D eigenvalue weighted by Crippen LogP contribution is -2.39. The highest BCUT2D eigenvalue weighted by Crippen LogP contribution is 2.39. The van der Waals surface area contributed by atoms with Crippen molar-refractivity contribution in [1.82, 2.24) is 4.90 Å². The van der Waals surface area contributed by atoms with Crippen LogP contribution in [0.1, 0.15) is 31.2 Å². The summed E-state index contributed by atoms with van der Waals surface area (Å²) < 4.78 is 1.05. The van der Waals surface area contributed by atoms with Crippen LogP contribution in [-0.4, -0.2) is 23.8 Å². The molecule has 3 nitrogen and oxygen atoms in total. The van der Waals surface area contributed by atoms with Gasteiger partial charge >= 0.3 is 0 Å². The van der Waals surface area contributed by atoms with Crippen LogP contribution < -0.4 is 0 Å². The number of imide groups is 1. The third kappa shape index (κ3) is 2.60. The minimum absolute atomic E-state index is 0.0212. The second-order valence-corrected chi connectivity index (χ2v) is 7.56. The molecule has 0 aliphatic carbocycles. The lowest BCUT2D eigenvalue weighted by molar-refractivity contribution is -0.127. The maximum atomic E-state index is 12.2.